The van der Waals surface area contributed by atoms with Crippen LogP contribution in [0, 0.1) is 0 Å². The van der Waals surface area contributed by atoms with Crippen LogP contribution in [-0.2, 0) is 0 Å². The molecular weight excluding hydrogens is 313 g/mol. The Morgan fingerprint density at radius 3 is 2.00 bits per heavy atom. The van der Waals surface area contributed by atoms with Crippen LogP contribution in [0.15, 0.2) is 25.3 Å². The van der Waals surface area contributed by atoms with E-state index in [0.29, 0.717) is 10.5 Å². The van der Waals surface area contributed by atoms with Crippen LogP contribution >= 0.6 is 27.5 Å². The van der Waals surface area contributed by atoms with Crippen molar-refractivity contribution in [3.8, 4) is 0 Å². The molecular formula is C12H23BIP. The first-order chi connectivity index (χ1) is 6.75. The minimum Gasteiger partial charge on any atom is -0.103 e. The Bertz CT molecular complexity index is 224. The van der Waals surface area contributed by atoms with Gasteiger partial charge in [0.15, 0.2) is 7.00 Å². The highest BCUT2D eigenvalue weighted by atomic mass is 127. The van der Waals surface area contributed by atoms with E-state index in [4.69, 9.17) is 0 Å². The molecule has 0 rings (SSSR count). The summed E-state index contributed by atoms with van der Waals surface area (Å²) in [5.74, 6) is 0. The van der Waals surface area contributed by atoms with Crippen molar-refractivity contribution in [3.63, 3.8) is 0 Å². The van der Waals surface area contributed by atoms with Crippen LogP contribution in [0.2, 0.25) is 5.31 Å². The second-order valence-electron chi connectivity index (χ2n) is 5.48. The molecule has 15 heavy (non-hydrogen) atoms. The maximum atomic E-state index is 3.85. The first-order valence-electron chi connectivity index (χ1n) is 5.40. The van der Waals surface area contributed by atoms with Gasteiger partial charge in [0.2, 0.25) is 0 Å². The molecule has 0 aromatic heterocycles. The molecule has 0 saturated heterocycles. The smallest absolute Gasteiger partial charge is 0.103 e. The first kappa shape index (κ1) is 15.7. The third-order valence-corrected chi connectivity index (χ3v) is 10.1. The fraction of sp³-hybridized carbons (Fsp3) is 0.667. The average Bonchev–Trinajstić information content (AvgIpc) is 2.02. The zero-order valence-electron chi connectivity index (χ0n) is 10.5. The second kappa shape index (κ2) is 6.44. The standard InChI is InChI=1S/C12H23BIP/c1-7-9-11(3,4)13-15(14)12(5,6)10-8-2/h7-8,13H,1-2,9-10H2,3-6H3. The van der Waals surface area contributed by atoms with Gasteiger partial charge >= 0.3 is 0 Å². The van der Waals surface area contributed by atoms with E-state index in [9.17, 15) is 0 Å². The van der Waals surface area contributed by atoms with Crippen molar-refractivity contribution in [2.24, 2.45) is 0 Å². The predicted octanol–water partition coefficient (Wildman–Crippen LogP) is 5.30. The number of hydrogen-bond donors (Lipinski definition) is 0. The summed E-state index contributed by atoms with van der Waals surface area (Å²) in [5.41, 5.74) is 0.0217. The third-order valence-electron chi connectivity index (χ3n) is 2.56. The molecule has 0 spiro atoms. The van der Waals surface area contributed by atoms with Crippen molar-refractivity contribution in [2.45, 2.75) is 51.0 Å². The minimum atomic E-state index is 0.0217. The Hall–Kier alpha value is 0.705. The summed E-state index contributed by atoms with van der Waals surface area (Å²) in [4.78, 5) is 0. The number of hydrogen-bond acceptors (Lipinski definition) is 0. The van der Waals surface area contributed by atoms with E-state index in [1.807, 2.05) is 6.08 Å². The minimum absolute atomic E-state index is 0.0217. The topological polar surface area (TPSA) is 0 Å². The summed E-state index contributed by atoms with van der Waals surface area (Å²) >= 11 is 2.66. The average molecular weight is 336 g/mol. The summed E-state index contributed by atoms with van der Waals surface area (Å²) in [5, 5.41) is 0.809. The third kappa shape index (κ3) is 6.11. The van der Waals surface area contributed by atoms with Crippen molar-refractivity contribution in [1.29, 1.82) is 0 Å². The highest BCUT2D eigenvalue weighted by molar-refractivity contribution is 14.2. The lowest BCUT2D eigenvalue weighted by atomic mass is 9.69. The first-order valence-corrected chi connectivity index (χ1v) is 9.71. The number of allylic oxidation sites excluding steroid dienone is 2. The van der Waals surface area contributed by atoms with Crippen molar-refractivity contribution in [1.82, 2.24) is 0 Å². The number of rotatable bonds is 7. The van der Waals surface area contributed by atoms with Gasteiger partial charge in [0, 0.05) is 0 Å². The van der Waals surface area contributed by atoms with Crippen LogP contribution in [0.1, 0.15) is 40.5 Å². The molecule has 0 radical (unpaired) electrons. The van der Waals surface area contributed by atoms with E-state index < -0.39 is 0 Å². The lowest BCUT2D eigenvalue weighted by Crippen LogP contribution is -2.21. The molecule has 3 heteroatoms. The molecule has 0 N–H and O–H groups in total. The molecule has 0 aliphatic rings. The summed E-state index contributed by atoms with van der Waals surface area (Å²) in [6, 6.07) is 0. The zero-order chi connectivity index (χ0) is 12.1. The Labute approximate surface area is 110 Å². The van der Waals surface area contributed by atoms with Gasteiger partial charge in [-0.3, -0.25) is 0 Å². The van der Waals surface area contributed by atoms with Crippen LogP contribution in [0.5, 0.6) is 0 Å². The van der Waals surface area contributed by atoms with Crippen molar-refractivity contribution < 1.29 is 0 Å². The van der Waals surface area contributed by atoms with E-state index in [-0.39, 0.29) is 5.44 Å². The van der Waals surface area contributed by atoms with E-state index in [0.717, 1.165) is 12.8 Å². The lowest BCUT2D eigenvalue weighted by molar-refractivity contribution is 0.685. The molecule has 0 heterocycles. The Morgan fingerprint density at radius 2 is 1.60 bits per heavy atom. The molecule has 86 valence electrons. The SMILES string of the molecule is C=CCC(C)(C)BP(I)C(C)(C)CC=C. The van der Waals surface area contributed by atoms with Gasteiger partial charge in [-0.2, -0.15) is 0 Å². The van der Waals surface area contributed by atoms with Crippen molar-refractivity contribution >= 4 is 34.5 Å². The van der Waals surface area contributed by atoms with Crippen LogP contribution in [-0.4, -0.2) is 12.2 Å². The van der Waals surface area contributed by atoms with Crippen LogP contribution in [0.4, 0.5) is 0 Å². The Balaban J connectivity index is 4.39. The van der Waals surface area contributed by atoms with Gasteiger partial charge < -0.3 is 0 Å². The van der Waals surface area contributed by atoms with Crippen LogP contribution < -0.4 is 0 Å². The Kier molecular flexibility index (Phi) is 6.75. The van der Waals surface area contributed by atoms with Crippen molar-refractivity contribution in [3.05, 3.63) is 25.3 Å². The normalized spacial score (nSPS) is 14.5. The monoisotopic (exact) mass is 336 g/mol. The predicted molar refractivity (Wildman–Crippen MR) is 85.8 cm³/mol. The maximum Gasteiger partial charge on any atom is 0.172 e. The highest BCUT2D eigenvalue weighted by Crippen LogP contribution is 2.61. The summed E-state index contributed by atoms with van der Waals surface area (Å²) in [7, 11) is 0. The molecule has 0 aromatic rings. The summed E-state index contributed by atoms with van der Waals surface area (Å²) < 4.78 is 0. The van der Waals surface area contributed by atoms with E-state index in [1.165, 1.54) is 7.00 Å². The van der Waals surface area contributed by atoms with E-state index >= 15 is 0 Å². The molecule has 0 aromatic carbocycles. The molecule has 1 unspecified atom stereocenters. The van der Waals surface area contributed by atoms with Gasteiger partial charge in [0.1, 0.15) is 0 Å². The highest BCUT2D eigenvalue weighted by Gasteiger charge is 2.31. The van der Waals surface area contributed by atoms with Gasteiger partial charge in [-0.05, 0) is 18.0 Å². The molecule has 0 saturated carbocycles. The molecule has 0 fully saturated rings. The van der Waals surface area contributed by atoms with Gasteiger partial charge in [0.25, 0.3) is 0 Å². The lowest BCUT2D eigenvalue weighted by Gasteiger charge is -2.34. The fourth-order valence-electron chi connectivity index (χ4n) is 1.50. The second-order valence-corrected chi connectivity index (χ2v) is 11.2. The van der Waals surface area contributed by atoms with Gasteiger partial charge in [-0.25, -0.2) is 0 Å². The molecule has 0 bridgehead atoms. The van der Waals surface area contributed by atoms with Crippen molar-refractivity contribution in [2.75, 3.05) is 0 Å². The molecule has 0 aliphatic heterocycles. The van der Waals surface area contributed by atoms with Gasteiger partial charge in [-0.1, -0.05) is 72.6 Å². The largest absolute Gasteiger partial charge is 0.172 e. The number of halogens is 1. The van der Waals surface area contributed by atoms with E-state index in [2.05, 4.69) is 69.0 Å². The molecule has 0 nitrogen and oxygen atoms in total. The van der Waals surface area contributed by atoms with Gasteiger partial charge in [0.05, 0.1) is 0 Å². The Morgan fingerprint density at radius 1 is 1.13 bits per heavy atom. The summed E-state index contributed by atoms with van der Waals surface area (Å²) in [6.07, 6.45) is 6.32. The summed E-state index contributed by atoms with van der Waals surface area (Å²) in [6.45, 7) is 18.4. The van der Waals surface area contributed by atoms with Crippen LogP contribution in [0.25, 0.3) is 0 Å². The maximum absolute atomic E-state index is 3.85. The van der Waals surface area contributed by atoms with Gasteiger partial charge in [-0.15, -0.1) is 13.2 Å². The fourth-order valence-corrected chi connectivity index (χ4v) is 6.49. The van der Waals surface area contributed by atoms with Crippen LogP contribution in [0.3, 0.4) is 0 Å². The zero-order valence-corrected chi connectivity index (χ0v) is 13.6. The quantitative estimate of drug-likeness (QED) is 0.256. The van der Waals surface area contributed by atoms with E-state index in [1.54, 1.807) is 0 Å². The molecule has 0 amide bonds. The molecule has 1 atom stereocenters. The molecule has 0 aliphatic carbocycles.